The number of ketones is 1. The van der Waals surface area contributed by atoms with Crippen LogP contribution < -0.4 is 4.74 Å². The number of nitrogens with zero attached hydrogens (tertiary/aromatic N) is 1. The molecule has 0 amide bonds. The summed E-state index contributed by atoms with van der Waals surface area (Å²) in [6.07, 6.45) is 2.10. The maximum Gasteiger partial charge on any atom is 0.213 e. The standard InChI is InChI=1S/C10H13NO2/c1-3-13-10-7-9(4-5-11-10)6-8(2)12/h4-5,7H,3,6H2,1-2H3. The smallest absolute Gasteiger partial charge is 0.213 e. The van der Waals surface area contributed by atoms with Crippen molar-refractivity contribution in [3.63, 3.8) is 0 Å². The molecule has 1 aromatic heterocycles. The van der Waals surface area contributed by atoms with Crippen molar-refractivity contribution in [3.05, 3.63) is 23.9 Å². The largest absolute Gasteiger partial charge is 0.478 e. The quantitative estimate of drug-likeness (QED) is 0.705. The zero-order valence-electron chi connectivity index (χ0n) is 7.91. The van der Waals surface area contributed by atoms with E-state index in [1.54, 1.807) is 19.2 Å². The van der Waals surface area contributed by atoms with Gasteiger partial charge in [0.25, 0.3) is 0 Å². The first kappa shape index (κ1) is 9.71. The normalized spacial score (nSPS) is 9.69. The number of hydrogen-bond donors (Lipinski definition) is 0. The highest BCUT2D eigenvalue weighted by Crippen LogP contribution is 2.09. The number of hydrogen-bond acceptors (Lipinski definition) is 3. The first-order chi connectivity index (χ1) is 6.22. The van der Waals surface area contributed by atoms with Gasteiger partial charge in [0.15, 0.2) is 0 Å². The van der Waals surface area contributed by atoms with Gasteiger partial charge in [-0.15, -0.1) is 0 Å². The summed E-state index contributed by atoms with van der Waals surface area (Å²) in [5.74, 6) is 0.731. The number of Topliss-reactive ketones (excluding diaryl/α,β-unsaturated/α-hetero) is 1. The molecule has 1 aromatic rings. The summed E-state index contributed by atoms with van der Waals surface area (Å²) in [4.78, 5) is 14.8. The van der Waals surface area contributed by atoms with Crippen molar-refractivity contribution >= 4 is 5.78 Å². The van der Waals surface area contributed by atoms with E-state index in [1.165, 1.54) is 0 Å². The second-order valence-electron chi connectivity index (χ2n) is 2.81. The van der Waals surface area contributed by atoms with Gasteiger partial charge in [0.1, 0.15) is 5.78 Å². The van der Waals surface area contributed by atoms with Crippen molar-refractivity contribution in [2.24, 2.45) is 0 Å². The lowest BCUT2D eigenvalue weighted by molar-refractivity contribution is -0.116. The maximum absolute atomic E-state index is 10.8. The molecule has 3 heteroatoms. The van der Waals surface area contributed by atoms with Gasteiger partial charge in [-0.25, -0.2) is 4.98 Å². The van der Waals surface area contributed by atoms with Crippen LogP contribution >= 0.6 is 0 Å². The summed E-state index contributed by atoms with van der Waals surface area (Å²) < 4.78 is 5.21. The van der Waals surface area contributed by atoms with Crippen LogP contribution in [0.1, 0.15) is 19.4 Å². The van der Waals surface area contributed by atoms with Crippen LogP contribution in [0, 0.1) is 0 Å². The third kappa shape index (κ3) is 3.23. The van der Waals surface area contributed by atoms with Gasteiger partial charge in [0.05, 0.1) is 6.61 Å². The van der Waals surface area contributed by atoms with Crippen molar-refractivity contribution in [2.45, 2.75) is 20.3 Å². The Balaban J connectivity index is 2.73. The minimum atomic E-state index is 0.147. The van der Waals surface area contributed by atoms with Crippen LogP contribution in [0.25, 0.3) is 0 Å². The van der Waals surface area contributed by atoms with Crippen LogP contribution in [0.4, 0.5) is 0 Å². The van der Waals surface area contributed by atoms with Crippen LogP contribution in [0.15, 0.2) is 18.3 Å². The molecule has 13 heavy (non-hydrogen) atoms. The molecule has 0 radical (unpaired) electrons. The van der Waals surface area contributed by atoms with E-state index in [1.807, 2.05) is 13.0 Å². The Hall–Kier alpha value is -1.38. The fraction of sp³-hybridized carbons (Fsp3) is 0.400. The second kappa shape index (κ2) is 4.60. The van der Waals surface area contributed by atoms with E-state index in [9.17, 15) is 4.79 Å². The predicted molar refractivity (Wildman–Crippen MR) is 49.8 cm³/mol. The Kier molecular flexibility index (Phi) is 3.43. The molecule has 0 atom stereocenters. The van der Waals surface area contributed by atoms with Gasteiger partial charge >= 0.3 is 0 Å². The number of aromatic nitrogens is 1. The summed E-state index contributed by atoms with van der Waals surface area (Å²) in [5.41, 5.74) is 0.950. The van der Waals surface area contributed by atoms with Crippen molar-refractivity contribution in [1.29, 1.82) is 0 Å². The highest BCUT2D eigenvalue weighted by molar-refractivity contribution is 5.78. The van der Waals surface area contributed by atoms with E-state index in [-0.39, 0.29) is 5.78 Å². The van der Waals surface area contributed by atoms with Gasteiger partial charge in [0.2, 0.25) is 5.88 Å². The lowest BCUT2D eigenvalue weighted by Crippen LogP contribution is -1.99. The summed E-state index contributed by atoms with van der Waals surface area (Å²) in [6.45, 7) is 4.07. The molecule has 0 aliphatic heterocycles. The molecule has 0 saturated carbocycles. The highest BCUT2D eigenvalue weighted by Gasteiger charge is 1.99. The molecule has 0 saturated heterocycles. The monoisotopic (exact) mass is 179 g/mol. The number of carbonyl (C=O) groups excluding carboxylic acids is 1. The van der Waals surface area contributed by atoms with Gasteiger partial charge in [-0.3, -0.25) is 4.79 Å². The number of pyridine rings is 1. The maximum atomic E-state index is 10.8. The highest BCUT2D eigenvalue weighted by atomic mass is 16.5. The van der Waals surface area contributed by atoms with Gasteiger partial charge < -0.3 is 4.74 Å². The molecular formula is C10H13NO2. The average Bonchev–Trinajstić information content (AvgIpc) is 2.04. The molecule has 0 unspecified atom stereocenters. The van der Waals surface area contributed by atoms with E-state index >= 15 is 0 Å². The SMILES string of the molecule is CCOc1cc(CC(C)=O)ccn1. The molecule has 0 aliphatic carbocycles. The van der Waals surface area contributed by atoms with E-state index < -0.39 is 0 Å². The van der Waals surface area contributed by atoms with Crippen LogP contribution in [0.3, 0.4) is 0 Å². The molecule has 0 fully saturated rings. The summed E-state index contributed by atoms with van der Waals surface area (Å²) in [5, 5.41) is 0. The fourth-order valence-electron chi connectivity index (χ4n) is 1.07. The molecule has 0 N–H and O–H groups in total. The first-order valence-electron chi connectivity index (χ1n) is 4.29. The lowest BCUT2D eigenvalue weighted by Gasteiger charge is -2.02. The zero-order valence-corrected chi connectivity index (χ0v) is 7.91. The van der Waals surface area contributed by atoms with Crippen molar-refractivity contribution in [3.8, 4) is 5.88 Å². The summed E-state index contributed by atoms with van der Waals surface area (Å²) in [6, 6.07) is 3.62. The zero-order chi connectivity index (χ0) is 9.68. The molecule has 1 heterocycles. The Morgan fingerprint density at radius 3 is 3.00 bits per heavy atom. The number of carbonyl (C=O) groups is 1. The molecule has 0 aromatic carbocycles. The third-order valence-corrected chi connectivity index (χ3v) is 1.54. The molecular weight excluding hydrogens is 166 g/mol. The van der Waals surface area contributed by atoms with E-state index in [2.05, 4.69) is 4.98 Å². The summed E-state index contributed by atoms with van der Waals surface area (Å²) in [7, 11) is 0. The van der Waals surface area contributed by atoms with Gasteiger partial charge in [-0.2, -0.15) is 0 Å². The average molecular weight is 179 g/mol. The van der Waals surface area contributed by atoms with Crippen LogP contribution in [0.2, 0.25) is 0 Å². The lowest BCUT2D eigenvalue weighted by atomic mass is 10.1. The van der Waals surface area contributed by atoms with Crippen LogP contribution in [0.5, 0.6) is 5.88 Å². The van der Waals surface area contributed by atoms with Crippen molar-refractivity contribution in [2.75, 3.05) is 6.61 Å². The molecule has 3 nitrogen and oxygen atoms in total. The van der Waals surface area contributed by atoms with E-state index in [0.29, 0.717) is 18.9 Å². The van der Waals surface area contributed by atoms with E-state index in [4.69, 9.17) is 4.74 Å². The van der Waals surface area contributed by atoms with Crippen LogP contribution in [-0.4, -0.2) is 17.4 Å². The van der Waals surface area contributed by atoms with Crippen LogP contribution in [-0.2, 0) is 11.2 Å². The Morgan fingerprint density at radius 2 is 2.38 bits per heavy atom. The minimum absolute atomic E-state index is 0.147. The van der Waals surface area contributed by atoms with E-state index in [0.717, 1.165) is 5.56 Å². The molecule has 0 bridgehead atoms. The first-order valence-corrected chi connectivity index (χ1v) is 4.29. The third-order valence-electron chi connectivity index (χ3n) is 1.54. The molecule has 1 rings (SSSR count). The molecule has 70 valence electrons. The second-order valence-corrected chi connectivity index (χ2v) is 2.81. The van der Waals surface area contributed by atoms with Crippen molar-refractivity contribution in [1.82, 2.24) is 4.98 Å². The van der Waals surface area contributed by atoms with Crippen molar-refractivity contribution < 1.29 is 9.53 Å². The molecule has 0 spiro atoms. The Labute approximate surface area is 77.8 Å². The Morgan fingerprint density at radius 1 is 1.62 bits per heavy atom. The summed E-state index contributed by atoms with van der Waals surface area (Å²) >= 11 is 0. The Bertz CT molecular complexity index is 297. The number of rotatable bonds is 4. The van der Waals surface area contributed by atoms with Gasteiger partial charge in [0, 0.05) is 18.7 Å². The van der Waals surface area contributed by atoms with Gasteiger partial charge in [-0.05, 0) is 25.5 Å². The molecule has 0 aliphatic rings. The predicted octanol–water partition coefficient (Wildman–Crippen LogP) is 1.61. The van der Waals surface area contributed by atoms with Gasteiger partial charge in [-0.1, -0.05) is 0 Å². The number of ether oxygens (including phenoxy) is 1. The minimum Gasteiger partial charge on any atom is -0.478 e. The fourth-order valence-corrected chi connectivity index (χ4v) is 1.07. The topological polar surface area (TPSA) is 39.2 Å².